The Labute approximate surface area is 247 Å². The van der Waals surface area contributed by atoms with E-state index in [4.69, 9.17) is 33.7 Å². The molecule has 0 aliphatic carbocycles. The third-order valence-electron chi connectivity index (χ3n) is 6.66. The highest BCUT2D eigenvalue weighted by atomic mass is 31.2. The first-order valence-electron chi connectivity index (χ1n) is 13.1. The van der Waals surface area contributed by atoms with Crippen LogP contribution in [0.1, 0.15) is 27.2 Å². The van der Waals surface area contributed by atoms with Gasteiger partial charge in [0.15, 0.2) is 18.0 Å². The number of amidine groups is 1. The molecule has 43 heavy (non-hydrogen) atoms. The predicted octanol–water partition coefficient (Wildman–Crippen LogP) is 1.14. The number of hydrogen-bond donors (Lipinski definition) is 2. The molecule has 230 valence electrons. The number of nitrogens with one attached hydrogen (secondary N) is 1. The zero-order chi connectivity index (χ0) is 31.4. The third-order valence-corrected chi connectivity index (χ3v) is 8.29. The number of para-hydroxylation sites is 1. The number of hydrazone groups is 1. The van der Waals surface area contributed by atoms with Gasteiger partial charge in [0.2, 0.25) is 5.60 Å². The normalized spacial score (nSPS) is 27.9. The maximum atomic E-state index is 14.0. The Morgan fingerprint density at radius 1 is 1.26 bits per heavy atom. The van der Waals surface area contributed by atoms with Crippen molar-refractivity contribution in [3.63, 3.8) is 0 Å². The van der Waals surface area contributed by atoms with Crippen molar-refractivity contribution in [1.82, 2.24) is 10.1 Å². The molecule has 1 fully saturated rings. The van der Waals surface area contributed by atoms with Crippen molar-refractivity contribution in [2.75, 3.05) is 13.7 Å². The highest BCUT2D eigenvalue weighted by Gasteiger charge is 2.63. The van der Waals surface area contributed by atoms with E-state index < -0.39 is 68.3 Å². The summed E-state index contributed by atoms with van der Waals surface area (Å²) in [4.78, 5) is 40.6. The maximum Gasteiger partial charge on any atom is 0.459 e. The van der Waals surface area contributed by atoms with E-state index in [0.29, 0.717) is 5.70 Å². The molecular formula is C26H31N6O10P. The minimum atomic E-state index is -4.46. The summed E-state index contributed by atoms with van der Waals surface area (Å²) >= 11 is 0. The van der Waals surface area contributed by atoms with Crippen molar-refractivity contribution in [1.29, 1.82) is 5.26 Å². The molecule has 2 unspecified atom stereocenters. The van der Waals surface area contributed by atoms with Gasteiger partial charge < -0.3 is 29.2 Å². The number of methoxy groups -OCH3 is 1. The lowest BCUT2D eigenvalue weighted by molar-refractivity contribution is -0.167. The standard InChI is InChI=1S/C26H31N6O10P/c1-15(25(35)37-4)31-43(36,42-18-8-6-5-7-9-18)38-13-26(12-27)23(40-17(3)34)22(39-16(2)33)21(41-26)19-10-11-20-24(28)29-14-30-32(19)20/h5-9,11,14-15,19,21-23H,10,13H2,1-4H3,(H,31,36)(H2,28,29,30)/t15-,19?,21-,22-,23-,26+,43?/m0/s1. The van der Waals surface area contributed by atoms with Crippen LogP contribution in [0.15, 0.2) is 52.2 Å². The van der Waals surface area contributed by atoms with Crippen LogP contribution in [0.25, 0.3) is 0 Å². The average Bonchev–Trinajstić information content (AvgIpc) is 3.52. The SMILES string of the molecule is COC(=O)[C@H](C)NP(=O)(OC[C@@]1(C#N)O[C@@H](C2CC=C3C(N)=NC=NN32)[C@H](OC(C)=O)[C@@H]1OC(C)=O)Oc1ccccc1. The zero-order valence-corrected chi connectivity index (χ0v) is 24.6. The first-order chi connectivity index (χ1) is 20.4. The molecule has 3 aliphatic heterocycles. The second-order valence-electron chi connectivity index (χ2n) is 9.72. The second kappa shape index (κ2) is 12.9. The first-order valence-corrected chi connectivity index (χ1v) is 14.6. The topological polar surface area (TPSA) is 213 Å². The Kier molecular flexibility index (Phi) is 9.51. The Hall–Kier alpha value is -4.29. The van der Waals surface area contributed by atoms with Crippen molar-refractivity contribution in [2.45, 2.75) is 63.2 Å². The number of nitrogens with two attached hydrogens (primary N) is 1. The van der Waals surface area contributed by atoms with Crippen LogP contribution in [0.4, 0.5) is 0 Å². The summed E-state index contributed by atoms with van der Waals surface area (Å²) in [5.74, 6) is -2.02. The van der Waals surface area contributed by atoms with E-state index >= 15 is 0 Å². The fourth-order valence-corrected chi connectivity index (χ4v) is 6.35. The van der Waals surface area contributed by atoms with Gasteiger partial charge >= 0.3 is 25.7 Å². The summed E-state index contributed by atoms with van der Waals surface area (Å²) in [6, 6.07) is 8.06. The Morgan fingerprint density at radius 3 is 2.58 bits per heavy atom. The average molecular weight is 619 g/mol. The number of aliphatic imine (C=N–C) groups is 1. The van der Waals surface area contributed by atoms with Crippen molar-refractivity contribution in [3.8, 4) is 11.8 Å². The third kappa shape index (κ3) is 6.86. The number of esters is 3. The molecule has 1 aromatic carbocycles. The van der Waals surface area contributed by atoms with Crippen molar-refractivity contribution < 1.29 is 46.9 Å². The Morgan fingerprint density at radius 2 is 1.95 bits per heavy atom. The van der Waals surface area contributed by atoms with E-state index in [1.165, 1.54) is 30.4 Å². The molecule has 3 N–H and O–H groups in total. The minimum Gasteiger partial charge on any atom is -0.468 e. The van der Waals surface area contributed by atoms with Gasteiger partial charge in [-0.2, -0.15) is 15.5 Å². The van der Waals surface area contributed by atoms with E-state index in [1.54, 1.807) is 24.3 Å². The van der Waals surface area contributed by atoms with Crippen molar-refractivity contribution >= 4 is 37.8 Å². The molecule has 16 nitrogen and oxygen atoms in total. The van der Waals surface area contributed by atoms with E-state index in [0.717, 1.165) is 21.0 Å². The summed E-state index contributed by atoms with van der Waals surface area (Å²) in [6.07, 6.45) is -0.725. The van der Waals surface area contributed by atoms with Gasteiger partial charge in [0.05, 0.1) is 18.8 Å². The summed E-state index contributed by atoms with van der Waals surface area (Å²) in [5.41, 5.74) is 4.30. The van der Waals surface area contributed by atoms with Crippen molar-refractivity contribution in [3.05, 3.63) is 42.1 Å². The molecule has 17 heteroatoms. The fourth-order valence-electron chi connectivity index (χ4n) is 4.83. The van der Waals surface area contributed by atoms with Crippen LogP contribution in [0.3, 0.4) is 0 Å². The Bertz CT molecular complexity index is 1430. The number of fused-ring (bicyclic) bond motifs is 1. The molecule has 0 aromatic heterocycles. The molecule has 0 amide bonds. The highest BCUT2D eigenvalue weighted by Crippen LogP contribution is 2.48. The van der Waals surface area contributed by atoms with Gasteiger partial charge in [0.25, 0.3) is 0 Å². The van der Waals surface area contributed by atoms with Crippen LogP contribution in [-0.4, -0.2) is 84.8 Å². The van der Waals surface area contributed by atoms with Gasteiger partial charge in [0.1, 0.15) is 36.9 Å². The van der Waals surface area contributed by atoms with Gasteiger partial charge in [-0.15, -0.1) is 0 Å². The molecule has 0 radical (unpaired) electrons. The zero-order valence-electron chi connectivity index (χ0n) is 23.7. The van der Waals surface area contributed by atoms with Gasteiger partial charge in [0, 0.05) is 13.8 Å². The minimum absolute atomic E-state index is 0.118. The van der Waals surface area contributed by atoms with Crippen LogP contribution in [0.2, 0.25) is 0 Å². The van der Waals surface area contributed by atoms with E-state index in [1.807, 2.05) is 6.07 Å². The number of carbonyl (C=O) groups excluding carboxylic acids is 3. The lowest BCUT2D eigenvalue weighted by Crippen LogP contribution is -2.50. The van der Waals surface area contributed by atoms with E-state index in [9.17, 15) is 24.2 Å². The van der Waals surface area contributed by atoms with Crippen LogP contribution in [0, 0.1) is 11.3 Å². The van der Waals surface area contributed by atoms with Crippen LogP contribution >= 0.6 is 7.75 Å². The van der Waals surface area contributed by atoms with Gasteiger partial charge in [-0.25, -0.2) is 9.56 Å². The highest BCUT2D eigenvalue weighted by molar-refractivity contribution is 7.52. The van der Waals surface area contributed by atoms with Crippen LogP contribution in [-0.2, 0) is 42.4 Å². The number of nitriles is 1. The van der Waals surface area contributed by atoms with Gasteiger partial charge in [-0.1, -0.05) is 24.3 Å². The maximum absolute atomic E-state index is 14.0. The van der Waals surface area contributed by atoms with Crippen LogP contribution in [0.5, 0.6) is 5.75 Å². The molecular weight excluding hydrogens is 587 g/mol. The predicted molar refractivity (Wildman–Crippen MR) is 148 cm³/mol. The van der Waals surface area contributed by atoms with E-state index in [-0.39, 0.29) is 18.0 Å². The Balaban J connectivity index is 1.69. The molecule has 1 saturated heterocycles. The number of benzene rings is 1. The smallest absolute Gasteiger partial charge is 0.459 e. The van der Waals surface area contributed by atoms with Crippen LogP contribution < -0.4 is 15.3 Å². The van der Waals surface area contributed by atoms with Gasteiger partial charge in [-0.05, 0) is 25.5 Å². The first kappa shape index (κ1) is 31.6. The number of carbonyl (C=O) groups is 3. The summed E-state index contributed by atoms with van der Waals surface area (Å²) in [5, 5.41) is 18.7. The van der Waals surface area contributed by atoms with Gasteiger partial charge in [-0.3, -0.25) is 23.9 Å². The van der Waals surface area contributed by atoms with E-state index in [2.05, 4.69) is 15.2 Å². The molecule has 0 spiro atoms. The monoisotopic (exact) mass is 618 g/mol. The lowest BCUT2D eigenvalue weighted by atomic mass is 9.94. The molecule has 0 bridgehead atoms. The number of ether oxygens (including phenoxy) is 4. The molecule has 0 saturated carbocycles. The lowest BCUT2D eigenvalue weighted by Gasteiger charge is -2.32. The molecule has 3 heterocycles. The quantitative estimate of drug-likeness (QED) is 0.202. The van der Waals surface area contributed by atoms with Crippen molar-refractivity contribution in [2.24, 2.45) is 15.8 Å². The summed E-state index contributed by atoms with van der Waals surface area (Å²) in [7, 11) is -3.32. The summed E-state index contributed by atoms with van der Waals surface area (Å²) in [6.45, 7) is 2.80. The number of rotatable bonds is 11. The number of nitrogens with zero attached hydrogens (tertiary/aromatic N) is 4. The fraction of sp³-hybridized carbons (Fsp3) is 0.462. The molecule has 4 rings (SSSR count). The molecule has 7 atom stereocenters. The molecule has 3 aliphatic rings. The second-order valence-corrected chi connectivity index (χ2v) is 11.4. The summed E-state index contributed by atoms with van der Waals surface area (Å²) < 4.78 is 47.4. The molecule has 1 aromatic rings. The number of hydrogen-bond acceptors (Lipinski definition) is 15. The largest absolute Gasteiger partial charge is 0.468 e.